The normalized spacial score (nSPS) is 14.3. The average molecular weight is 277 g/mol. The third-order valence-corrected chi connectivity index (χ3v) is 3.84. The van der Waals surface area contributed by atoms with E-state index in [1.807, 2.05) is 48.5 Å². The van der Waals surface area contributed by atoms with Crippen molar-refractivity contribution in [2.24, 2.45) is 0 Å². The second kappa shape index (κ2) is 4.77. The van der Waals surface area contributed by atoms with E-state index in [-0.39, 0.29) is 5.43 Å². The molecule has 3 nitrogen and oxygen atoms in total. The van der Waals surface area contributed by atoms with Crippen LogP contribution in [0.25, 0.3) is 10.9 Å². The Morgan fingerprint density at radius 3 is 2.57 bits per heavy atom. The fraction of sp³-hybridized carbons (Fsp3) is 0.167. The fourth-order valence-electron chi connectivity index (χ4n) is 2.58. The van der Waals surface area contributed by atoms with Crippen LogP contribution in [0.4, 0.5) is 0 Å². The van der Waals surface area contributed by atoms with Crippen molar-refractivity contribution in [3.05, 3.63) is 70.5 Å². The van der Waals surface area contributed by atoms with Crippen LogP contribution in [0.5, 0.6) is 11.5 Å². The molecule has 1 saturated carbocycles. The lowest BCUT2D eigenvalue weighted by molar-refractivity contribution is 0.487. The van der Waals surface area contributed by atoms with Crippen LogP contribution >= 0.6 is 0 Å². The average Bonchev–Trinajstić information content (AvgIpc) is 3.34. The number of pyridine rings is 1. The van der Waals surface area contributed by atoms with Crippen molar-refractivity contribution in [2.45, 2.75) is 18.8 Å². The van der Waals surface area contributed by atoms with Gasteiger partial charge in [0.15, 0.2) is 11.2 Å². The molecule has 2 aromatic carbocycles. The third-order valence-electron chi connectivity index (χ3n) is 3.84. The number of nitrogens with one attached hydrogen (secondary N) is 1. The van der Waals surface area contributed by atoms with Gasteiger partial charge in [-0.3, -0.25) is 4.79 Å². The molecule has 3 heteroatoms. The van der Waals surface area contributed by atoms with Crippen LogP contribution in [0.15, 0.2) is 59.4 Å². The lowest BCUT2D eigenvalue weighted by atomic mass is 10.1. The number of ether oxygens (including phenoxy) is 1. The second-order valence-electron chi connectivity index (χ2n) is 5.46. The van der Waals surface area contributed by atoms with Gasteiger partial charge in [-0.25, -0.2) is 0 Å². The topological polar surface area (TPSA) is 42.1 Å². The van der Waals surface area contributed by atoms with Gasteiger partial charge in [-0.05, 0) is 43.0 Å². The van der Waals surface area contributed by atoms with E-state index in [2.05, 4.69) is 4.98 Å². The number of hydrogen-bond acceptors (Lipinski definition) is 2. The quantitative estimate of drug-likeness (QED) is 0.779. The summed E-state index contributed by atoms with van der Waals surface area (Å²) < 4.78 is 5.93. The van der Waals surface area contributed by atoms with Gasteiger partial charge in [0.1, 0.15) is 5.75 Å². The van der Waals surface area contributed by atoms with Crippen LogP contribution in [0.1, 0.15) is 24.5 Å². The molecule has 0 aliphatic heterocycles. The predicted molar refractivity (Wildman–Crippen MR) is 83.1 cm³/mol. The number of aromatic amines is 1. The molecule has 4 rings (SSSR count). The van der Waals surface area contributed by atoms with Crippen molar-refractivity contribution >= 4 is 10.9 Å². The zero-order chi connectivity index (χ0) is 14.2. The summed E-state index contributed by atoms with van der Waals surface area (Å²) in [6.07, 6.45) is 2.31. The van der Waals surface area contributed by atoms with Crippen LogP contribution in [-0.4, -0.2) is 4.98 Å². The minimum atomic E-state index is 0.0594. The highest BCUT2D eigenvalue weighted by molar-refractivity contribution is 5.84. The van der Waals surface area contributed by atoms with Crippen LogP contribution in [0, 0.1) is 0 Å². The first-order valence-electron chi connectivity index (χ1n) is 7.20. The first-order valence-corrected chi connectivity index (χ1v) is 7.20. The summed E-state index contributed by atoms with van der Waals surface area (Å²) >= 11 is 0. The van der Waals surface area contributed by atoms with Gasteiger partial charge >= 0.3 is 0 Å². The van der Waals surface area contributed by atoms with E-state index in [1.54, 1.807) is 6.07 Å². The van der Waals surface area contributed by atoms with Crippen molar-refractivity contribution in [1.29, 1.82) is 0 Å². The Hall–Kier alpha value is -2.55. The minimum absolute atomic E-state index is 0.0594. The molecule has 0 atom stereocenters. The Morgan fingerprint density at radius 1 is 1.00 bits per heavy atom. The highest BCUT2D eigenvalue weighted by atomic mass is 16.5. The Bertz CT molecular complexity index is 848. The number of benzene rings is 2. The summed E-state index contributed by atoms with van der Waals surface area (Å²) in [6, 6.07) is 16.9. The second-order valence-corrected chi connectivity index (χ2v) is 5.46. The standard InChI is InChI=1S/C18H15NO2/c20-16-11-15(12-9-10-12)19-18-14(16)7-4-8-17(18)21-13-5-2-1-3-6-13/h1-8,11-12H,9-10H2,(H,19,20). The van der Waals surface area contributed by atoms with Gasteiger partial charge in [-0.1, -0.05) is 24.3 Å². The van der Waals surface area contributed by atoms with Crippen LogP contribution < -0.4 is 10.2 Å². The largest absolute Gasteiger partial charge is 0.455 e. The van der Waals surface area contributed by atoms with Gasteiger partial charge in [0.05, 0.1) is 5.52 Å². The van der Waals surface area contributed by atoms with E-state index < -0.39 is 0 Å². The summed E-state index contributed by atoms with van der Waals surface area (Å²) in [4.78, 5) is 15.7. The summed E-state index contributed by atoms with van der Waals surface area (Å²) in [7, 11) is 0. The van der Waals surface area contributed by atoms with Gasteiger partial charge < -0.3 is 9.72 Å². The van der Waals surface area contributed by atoms with E-state index in [0.717, 1.165) is 29.8 Å². The number of aromatic nitrogens is 1. The lowest BCUT2D eigenvalue weighted by Gasteiger charge is -2.10. The molecule has 0 saturated heterocycles. The summed E-state index contributed by atoms with van der Waals surface area (Å²) in [5.74, 6) is 1.97. The number of rotatable bonds is 3. The Balaban J connectivity index is 1.86. The Kier molecular flexibility index (Phi) is 2.78. The van der Waals surface area contributed by atoms with E-state index in [9.17, 15) is 4.79 Å². The number of hydrogen-bond donors (Lipinski definition) is 1. The number of para-hydroxylation sites is 2. The molecule has 1 aliphatic carbocycles. The molecular formula is C18H15NO2. The van der Waals surface area contributed by atoms with E-state index in [0.29, 0.717) is 17.1 Å². The zero-order valence-corrected chi connectivity index (χ0v) is 11.5. The molecule has 0 radical (unpaired) electrons. The number of H-pyrrole nitrogens is 1. The molecule has 104 valence electrons. The first kappa shape index (κ1) is 12.2. The van der Waals surface area contributed by atoms with Crippen molar-refractivity contribution in [1.82, 2.24) is 4.98 Å². The highest BCUT2D eigenvalue weighted by Gasteiger charge is 2.25. The van der Waals surface area contributed by atoms with Crippen LogP contribution in [-0.2, 0) is 0 Å². The molecule has 0 spiro atoms. The fourth-order valence-corrected chi connectivity index (χ4v) is 2.58. The molecule has 0 amide bonds. The van der Waals surface area contributed by atoms with Gasteiger partial charge in [0.25, 0.3) is 0 Å². The molecule has 1 heterocycles. The molecular weight excluding hydrogens is 262 g/mol. The van der Waals surface area contributed by atoms with Crippen molar-refractivity contribution < 1.29 is 4.74 Å². The molecule has 1 aromatic heterocycles. The minimum Gasteiger partial charge on any atom is -0.455 e. The van der Waals surface area contributed by atoms with Crippen LogP contribution in [0.3, 0.4) is 0 Å². The van der Waals surface area contributed by atoms with Crippen molar-refractivity contribution in [2.75, 3.05) is 0 Å². The number of fused-ring (bicyclic) bond motifs is 1. The molecule has 3 aromatic rings. The molecule has 1 fully saturated rings. The Labute approximate surface area is 122 Å². The van der Waals surface area contributed by atoms with Gasteiger partial charge in [-0.15, -0.1) is 0 Å². The molecule has 0 unspecified atom stereocenters. The van der Waals surface area contributed by atoms with E-state index in [4.69, 9.17) is 4.74 Å². The van der Waals surface area contributed by atoms with E-state index >= 15 is 0 Å². The van der Waals surface area contributed by atoms with Gasteiger partial charge in [0.2, 0.25) is 0 Å². The maximum absolute atomic E-state index is 12.3. The lowest BCUT2D eigenvalue weighted by Crippen LogP contribution is -2.05. The maximum Gasteiger partial charge on any atom is 0.189 e. The van der Waals surface area contributed by atoms with E-state index in [1.165, 1.54) is 0 Å². The van der Waals surface area contributed by atoms with Gasteiger partial charge in [-0.2, -0.15) is 0 Å². The summed E-state index contributed by atoms with van der Waals surface area (Å²) in [6.45, 7) is 0. The third kappa shape index (κ3) is 2.31. The van der Waals surface area contributed by atoms with Crippen LogP contribution in [0.2, 0.25) is 0 Å². The SMILES string of the molecule is O=c1cc(C2CC2)[nH]c2c(Oc3ccccc3)cccc12. The Morgan fingerprint density at radius 2 is 1.81 bits per heavy atom. The maximum atomic E-state index is 12.3. The van der Waals surface area contributed by atoms with Gasteiger partial charge in [0, 0.05) is 17.1 Å². The first-order chi connectivity index (χ1) is 10.3. The highest BCUT2D eigenvalue weighted by Crippen LogP contribution is 2.39. The monoisotopic (exact) mass is 277 g/mol. The smallest absolute Gasteiger partial charge is 0.189 e. The molecule has 1 aliphatic rings. The zero-order valence-electron chi connectivity index (χ0n) is 11.5. The van der Waals surface area contributed by atoms with Crippen molar-refractivity contribution in [3.8, 4) is 11.5 Å². The summed E-state index contributed by atoms with van der Waals surface area (Å²) in [5, 5.41) is 0.674. The predicted octanol–water partition coefficient (Wildman–Crippen LogP) is 4.20. The van der Waals surface area contributed by atoms with Crippen molar-refractivity contribution in [3.63, 3.8) is 0 Å². The molecule has 1 N–H and O–H groups in total. The molecule has 21 heavy (non-hydrogen) atoms. The summed E-state index contributed by atoms with van der Waals surface area (Å²) in [5.41, 5.74) is 1.87. The molecule has 0 bridgehead atoms.